The fourth-order valence-corrected chi connectivity index (χ4v) is 3.82. The highest BCUT2D eigenvalue weighted by Crippen LogP contribution is 2.36. The van der Waals surface area contributed by atoms with Crippen LogP contribution in [0.1, 0.15) is 37.7 Å². The molecule has 2 rings (SSSR count). The molecule has 0 spiro atoms. The van der Waals surface area contributed by atoms with E-state index in [-0.39, 0.29) is 0 Å². The largest absolute Gasteiger partial charge is 0.496 e. The molecule has 1 aromatic carbocycles. The van der Waals surface area contributed by atoms with E-state index in [1.54, 1.807) is 7.11 Å². The van der Waals surface area contributed by atoms with Gasteiger partial charge < -0.3 is 15.0 Å². The average molecular weight is 290 g/mol. The van der Waals surface area contributed by atoms with Crippen molar-refractivity contribution in [1.29, 1.82) is 0 Å². The van der Waals surface area contributed by atoms with E-state index in [9.17, 15) is 0 Å². The van der Waals surface area contributed by atoms with Crippen LogP contribution >= 0.6 is 0 Å². The lowest BCUT2D eigenvalue weighted by Crippen LogP contribution is -2.43. The van der Waals surface area contributed by atoms with Gasteiger partial charge in [0.15, 0.2) is 0 Å². The third-order valence-electron chi connectivity index (χ3n) is 4.70. The minimum Gasteiger partial charge on any atom is -0.496 e. The molecule has 0 saturated heterocycles. The smallest absolute Gasteiger partial charge is 0.123 e. The SMILES string of the molecule is CNCC1(CN(C)Cc2ccccc2OC)CCCCC1. The van der Waals surface area contributed by atoms with E-state index in [1.165, 1.54) is 37.7 Å². The summed E-state index contributed by atoms with van der Waals surface area (Å²) in [7, 11) is 6.07. The molecule has 0 amide bonds. The van der Waals surface area contributed by atoms with Crippen LogP contribution in [0.3, 0.4) is 0 Å². The third kappa shape index (κ3) is 4.45. The van der Waals surface area contributed by atoms with E-state index < -0.39 is 0 Å². The van der Waals surface area contributed by atoms with E-state index in [1.807, 2.05) is 12.1 Å². The van der Waals surface area contributed by atoms with E-state index >= 15 is 0 Å². The lowest BCUT2D eigenvalue weighted by molar-refractivity contribution is 0.116. The maximum absolute atomic E-state index is 5.47. The minimum absolute atomic E-state index is 0.448. The number of para-hydroxylation sites is 1. The summed E-state index contributed by atoms with van der Waals surface area (Å²) in [5, 5.41) is 3.42. The van der Waals surface area contributed by atoms with Crippen LogP contribution in [-0.2, 0) is 6.54 Å². The molecular formula is C18H30N2O. The molecule has 0 atom stereocenters. The van der Waals surface area contributed by atoms with Crippen LogP contribution in [0.25, 0.3) is 0 Å². The fourth-order valence-electron chi connectivity index (χ4n) is 3.82. The molecule has 0 heterocycles. The molecule has 1 aliphatic carbocycles. The van der Waals surface area contributed by atoms with Crippen molar-refractivity contribution in [1.82, 2.24) is 10.2 Å². The zero-order valence-electron chi connectivity index (χ0n) is 13.8. The molecule has 1 N–H and O–H groups in total. The van der Waals surface area contributed by atoms with Gasteiger partial charge in [-0.3, -0.25) is 0 Å². The standard InChI is InChI=1S/C18H30N2O/c1-19-14-18(11-7-4-8-12-18)15-20(2)13-16-9-5-6-10-17(16)21-3/h5-6,9-10,19H,4,7-8,11-15H2,1-3H3. The molecule has 1 aromatic rings. The van der Waals surface area contributed by atoms with Gasteiger partial charge in [0, 0.05) is 25.2 Å². The zero-order valence-corrected chi connectivity index (χ0v) is 13.8. The van der Waals surface area contributed by atoms with Crippen molar-refractivity contribution in [3.8, 4) is 5.75 Å². The van der Waals surface area contributed by atoms with Gasteiger partial charge in [0.05, 0.1) is 7.11 Å². The predicted octanol–water partition coefficient (Wildman–Crippen LogP) is 3.30. The number of hydrogen-bond donors (Lipinski definition) is 1. The first kappa shape index (κ1) is 16.3. The lowest BCUT2D eigenvalue weighted by atomic mass is 9.73. The van der Waals surface area contributed by atoms with Crippen molar-refractivity contribution in [3.05, 3.63) is 29.8 Å². The Kier molecular flexibility index (Phi) is 6.07. The van der Waals surface area contributed by atoms with Crippen LogP contribution in [-0.4, -0.2) is 39.2 Å². The molecule has 1 aliphatic rings. The summed E-state index contributed by atoms with van der Waals surface area (Å²) in [6.07, 6.45) is 6.87. The van der Waals surface area contributed by atoms with E-state index in [2.05, 4.69) is 36.4 Å². The first-order valence-corrected chi connectivity index (χ1v) is 8.14. The molecule has 0 aromatic heterocycles. The molecule has 0 bridgehead atoms. The third-order valence-corrected chi connectivity index (χ3v) is 4.70. The highest BCUT2D eigenvalue weighted by atomic mass is 16.5. The summed E-state index contributed by atoms with van der Waals surface area (Å²) >= 11 is 0. The molecule has 0 aliphatic heterocycles. The fraction of sp³-hybridized carbons (Fsp3) is 0.667. The zero-order chi connectivity index (χ0) is 15.1. The van der Waals surface area contributed by atoms with Gasteiger partial charge >= 0.3 is 0 Å². The number of nitrogens with one attached hydrogen (secondary N) is 1. The van der Waals surface area contributed by atoms with E-state index in [0.717, 1.165) is 25.4 Å². The van der Waals surface area contributed by atoms with Crippen LogP contribution in [0.4, 0.5) is 0 Å². The molecule has 21 heavy (non-hydrogen) atoms. The van der Waals surface area contributed by atoms with Crippen molar-refractivity contribution < 1.29 is 4.74 Å². The summed E-state index contributed by atoms with van der Waals surface area (Å²) in [6.45, 7) is 3.24. The summed E-state index contributed by atoms with van der Waals surface area (Å²) in [6, 6.07) is 8.34. The second-order valence-electron chi connectivity index (χ2n) is 6.58. The van der Waals surface area contributed by atoms with E-state index in [0.29, 0.717) is 5.41 Å². The molecule has 1 fully saturated rings. The Labute approximate surface area is 129 Å². The average Bonchev–Trinajstić information content (AvgIpc) is 2.48. The van der Waals surface area contributed by atoms with Gasteiger partial charge in [0.1, 0.15) is 5.75 Å². The van der Waals surface area contributed by atoms with Gasteiger partial charge in [-0.15, -0.1) is 0 Å². The highest BCUT2D eigenvalue weighted by Gasteiger charge is 2.32. The predicted molar refractivity (Wildman–Crippen MR) is 88.8 cm³/mol. The Bertz CT molecular complexity index is 421. The molecular weight excluding hydrogens is 260 g/mol. The van der Waals surface area contributed by atoms with Crippen LogP contribution in [0.15, 0.2) is 24.3 Å². The Morgan fingerprint density at radius 3 is 2.57 bits per heavy atom. The Balaban J connectivity index is 2.00. The van der Waals surface area contributed by atoms with Gasteiger partial charge in [0.25, 0.3) is 0 Å². The summed E-state index contributed by atoms with van der Waals surface area (Å²) in [5.74, 6) is 0.996. The number of ether oxygens (including phenoxy) is 1. The number of nitrogens with zero attached hydrogens (tertiary/aromatic N) is 1. The molecule has 3 heteroatoms. The second kappa shape index (κ2) is 7.81. The summed E-state index contributed by atoms with van der Waals surface area (Å²) < 4.78 is 5.47. The molecule has 0 unspecified atom stereocenters. The Hall–Kier alpha value is -1.06. The lowest BCUT2D eigenvalue weighted by Gasteiger charge is -2.40. The van der Waals surface area contributed by atoms with Crippen molar-refractivity contribution in [2.75, 3.05) is 34.3 Å². The van der Waals surface area contributed by atoms with Gasteiger partial charge in [-0.1, -0.05) is 37.5 Å². The van der Waals surface area contributed by atoms with Crippen molar-refractivity contribution in [2.24, 2.45) is 5.41 Å². The molecule has 118 valence electrons. The monoisotopic (exact) mass is 290 g/mol. The minimum atomic E-state index is 0.448. The number of methoxy groups -OCH3 is 1. The summed E-state index contributed by atoms with van der Waals surface area (Å²) in [5.41, 5.74) is 1.72. The second-order valence-corrected chi connectivity index (χ2v) is 6.58. The van der Waals surface area contributed by atoms with Crippen molar-refractivity contribution >= 4 is 0 Å². The summed E-state index contributed by atoms with van der Waals surface area (Å²) in [4.78, 5) is 2.46. The van der Waals surface area contributed by atoms with E-state index in [4.69, 9.17) is 4.74 Å². The number of rotatable bonds is 7. The quantitative estimate of drug-likeness (QED) is 0.834. The molecule has 1 saturated carbocycles. The van der Waals surface area contributed by atoms with Crippen LogP contribution in [0.2, 0.25) is 0 Å². The highest BCUT2D eigenvalue weighted by molar-refractivity contribution is 5.33. The Morgan fingerprint density at radius 2 is 1.90 bits per heavy atom. The molecule has 3 nitrogen and oxygen atoms in total. The first-order chi connectivity index (χ1) is 10.2. The van der Waals surface area contributed by atoms with Gasteiger partial charge in [-0.2, -0.15) is 0 Å². The van der Waals surface area contributed by atoms with Gasteiger partial charge in [-0.25, -0.2) is 0 Å². The maximum Gasteiger partial charge on any atom is 0.123 e. The van der Waals surface area contributed by atoms with Crippen molar-refractivity contribution in [3.63, 3.8) is 0 Å². The van der Waals surface area contributed by atoms with Crippen LogP contribution in [0.5, 0.6) is 5.75 Å². The van der Waals surface area contributed by atoms with Crippen molar-refractivity contribution in [2.45, 2.75) is 38.6 Å². The van der Waals surface area contributed by atoms with Crippen LogP contribution < -0.4 is 10.1 Å². The molecule has 0 radical (unpaired) electrons. The number of benzene rings is 1. The maximum atomic E-state index is 5.47. The van der Waals surface area contributed by atoms with Crippen LogP contribution in [0, 0.1) is 5.41 Å². The van der Waals surface area contributed by atoms with Gasteiger partial charge in [-0.05, 0) is 38.4 Å². The number of hydrogen-bond acceptors (Lipinski definition) is 3. The topological polar surface area (TPSA) is 24.5 Å². The van der Waals surface area contributed by atoms with Gasteiger partial charge in [0.2, 0.25) is 0 Å². The first-order valence-electron chi connectivity index (χ1n) is 8.14. The Morgan fingerprint density at radius 1 is 1.19 bits per heavy atom. The normalized spacial score (nSPS) is 17.9.